The molecule has 5 rings (SSSR count). The van der Waals surface area contributed by atoms with Crippen LogP contribution in [0.2, 0.25) is 0 Å². The number of nitrogens with one attached hydrogen (secondary N) is 1. The average Bonchev–Trinajstić information content (AvgIpc) is 3.55. The summed E-state index contributed by atoms with van der Waals surface area (Å²) in [5.41, 5.74) is 2.55. The van der Waals surface area contributed by atoms with E-state index in [1.54, 1.807) is 24.3 Å². The van der Waals surface area contributed by atoms with Gasteiger partial charge in [0.15, 0.2) is 5.76 Å². The van der Waals surface area contributed by atoms with Crippen LogP contribution in [0.5, 0.6) is 0 Å². The Labute approximate surface area is 203 Å². The maximum atomic E-state index is 13.4. The van der Waals surface area contributed by atoms with Crippen LogP contribution in [0.4, 0.5) is 5.69 Å². The summed E-state index contributed by atoms with van der Waals surface area (Å²) >= 11 is 2.17. The van der Waals surface area contributed by atoms with E-state index in [1.807, 2.05) is 42.6 Å². The van der Waals surface area contributed by atoms with Crippen molar-refractivity contribution in [1.29, 1.82) is 0 Å². The van der Waals surface area contributed by atoms with Crippen LogP contribution in [0, 0.1) is 3.57 Å². The number of hydrogen-bond acceptors (Lipinski definition) is 4. The number of carbonyl (C=O) groups is 3. The zero-order valence-electron chi connectivity index (χ0n) is 17.5. The van der Waals surface area contributed by atoms with Gasteiger partial charge in [0.25, 0.3) is 11.8 Å². The molecule has 0 radical (unpaired) electrons. The predicted octanol–water partition coefficient (Wildman–Crippen LogP) is 4.38. The maximum Gasteiger partial charge on any atom is 0.290 e. The molecule has 7 nitrogen and oxygen atoms in total. The number of rotatable bonds is 6. The minimum absolute atomic E-state index is 0.0643. The molecule has 0 aliphatic carbocycles. The van der Waals surface area contributed by atoms with Crippen LogP contribution in [-0.4, -0.2) is 40.2 Å². The van der Waals surface area contributed by atoms with Crippen molar-refractivity contribution in [2.75, 3.05) is 11.4 Å². The molecular formula is C25H20IN3O4. The average molecular weight is 553 g/mol. The number of H-pyrrole nitrogens is 1. The molecular weight excluding hydrogens is 533 g/mol. The van der Waals surface area contributed by atoms with Crippen LogP contribution >= 0.6 is 22.6 Å². The van der Waals surface area contributed by atoms with E-state index in [0.717, 1.165) is 20.0 Å². The van der Waals surface area contributed by atoms with Gasteiger partial charge < -0.3 is 14.3 Å². The van der Waals surface area contributed by atoms with Gasteiger partial charge in [-0.05, 0) is 77.0 Å². The lowest BCUT2D eigenvalue weighted by molar-refractivity contribution is -0.122. The summed E-state index contributed by atoms with van der Waals surface area (Å²) in [5, 5.41) is 1.07. The van der Waals surface area contributed by atoms with E-state index in [2.05, 4.69) is 27.6 Å². The number of aromatic nitrogens is 1. The van der Waals surface area contributed by atoms with E-state index in [9.17, 15) is 14.4 Å². The number of para-hydroxylation sites is 1. The highest BCUT2D eigenvalue weighted by Gasteiger charge is 2.44. The van der Waals surface area contributed by atoms with Gasteiger partial charge >= 0.3 is 0 Å². The van der Waals surface area contributed by atoms with Gasteiger partial charge in [-0.3, -0.25) is 14.4 Å². The Balaban J connectivity index is 1.44. The molecule has 1 aliphatic heterocycles. The summed E-state index contributed by atoms with van der Waals surface area (Å²) in [6, 6.07) is 17.4. The largest absolute Gasteiger partial charge is 0.459 e. The Hall–Kier alpha value is -3.40. The first-order valence-corrected chi connectivity index (χ1v) is 11.6. The van der Waals surface area contributed by atoms with Crippen LogP contribution in [-0.2, 0) is 16.0 Å². The summed E-state index contributed by atoms with van der Waals surface area (Å²) in [4.78, 5) is 45.4. The monoisotopic (exact) mass is 553 g/mol. The Bertz CT molecular complexity index is 1330. The summed E-state index contributed by atoms with van der Waals surface area (Å²) in [6.45, 7) is 0.269. The molecule has 0 saturated carbocycles. The van der Waals surface area contributed by atoms with Gasteiger partial charge in [0.2, 0.25) is 5.91 Å². The molecule has 1 fully saturated rings. The highest BCUT2D eigenvalue weighted by Crippen LogP contribution is 2.28. The second-order valence-corrected chi connectivity index (χ2v) is 9.09. The number of halogens is 1. The van der Waals surface area contributed by atoms with Crippen LogP contribution < -0.4 is 4.90 Å². The molecule has 8 heteroatoms. The van der Waals surface area contributed by atoms with Crippen LogP contribution in [0.15, 0.2) is 77.5 Å². The van der Waals surface area contributed by atoms with Crippen molar-refractivity contribution < 1.29 is 18.8 Å². The third-order valence-corrected chi connectivity index (χ3v) is 6.59. The minimum Gasteiger partial charge on any atom is -0.459 e. The zero-order chi connectivity index (χ0) is 22.9. The highest BCUT2D eigenvalue weighted by atomic mass is 127. The molecule has 166 valence electrons. The van der Waals surface area contributed by atoms with E-state index in [1.165, 1.54) is 16.1 Å². The van der Waals surface area contributed by atoms with Gasteiger partial charge in [-0.25, -0.2) is 4.90 Å². The van der Waals surface area contributed by atoms with E-state index in [4.69, 9.17) is 4.42 Å². The lowest BCUT2D eigenvalue weighted by Gasteiger charge is -2.27. The second-order valence-electron chi connectivity index (χ2n) is 7.85. The lowest BCUT2D eigenvalue weighted by Crippen LogP contribution is -2.46. The molecule has 1 saturated heterocycles. The molecule has 3 heterocycles. The van der Waals surface area contributed by atoms with Gasteiger partial charge in [0, 0.05) is 27.2 Å². The first-order chi connectivity index (χ1) is 16.0. The number of aromatic amines is 1. The van der Waals surface area contributed by atoms with E-state index < -0.39 is 17.9 Å². The van der Waals surface area contributed by atoms with Crippen molar-refractivity contribution in [3.8, 4) is 0 Å². The number of furan rings is 1. The van der Waals surface area contributed by atoms with E-state index >= 15 is 0 Å². The van der Waals surface area contributed by atoms with Gasteiger partial charge in [-0.1, -0.05) is 18.2 Å². The summed E-state index contributed by atoms with van der Waals surface area (Å²) in [7, 11) is 0. The highest BCUT2D eigenvalue weighted by molar-refractivity contribution is 14.1. The molecule has 1 atom stereocenters. The van der Waals surface area contributed by atoms with Crippen molar-refractivity contribution in [3.63, 3.8) is 0 Å². The first kappa shape index (κ1) is 21.4. The van der Waals surface area contributed by atoms with E-state index in [-0.39, 0.29) is 24.6 Å². The van der Waals surface area contributed by atoms with Crippen molar-refractivity contribution in [3.05, 3.63) is 88.0 Å². The van der Waals surface area contributed by atoms with Crippen molar-refractivity contribution >= 4 is 56.9 Å². The molecule has 1 unspecified atom stereocenters. The van der Waals surface area contributed by atoms with Gasteiger partial charge in [-0.2, -0.15) is 0 Å². The first-order valence-electron chi connectivity index (χ1n) is 10.5. The second kappa shape index (κ2) is 8.86. The Morgan fingerprint density at radius 3 is 2.64 bits per heavy atom. The number of carbonyl (C=O) groups excluding carboxylic acids is 3. The SMILES string of the molecule is O=C1CC(N(CCc2c[nH]c3ccccc23)C(=O)c2ccco2)C(=O)N1c1ccc(I)cc1. The standard InChI is InChI=1S/C25H20IN3O4/c26-17-7-9-18(10-8-17)29-23(30)14-21(24(29)31)28(25(32)22-6-3-13-33-22)12-11-16-15-27-20-5-2-1-4-19(16)20/h1-10,13,15,21,27H,11-12,14H2. The number of benzene rings is 2. The number of anilines is 1. The minimum atomic E-state index is -0.889. The fourth-order valence-corrected chi connectivity index (χ4v) is 4.60. The molecule has 3 amide bonds. The number of nitrogens with zero attached hydrogens (tertiary/aromatic N) is 2. The van der Waals surface area contributed by atoms with Crippen LogP contribution in [0.1, 0.15) is 22.5 Å². The Morgan fingerprint density at radius 2 is 1.88 bits per heavy atom. The number of imide groups is 1. The zero-order valence-corrected chi connectivity index (χ0v) is 19.7. The van der Waals surface area contributed by atoms with Gasteiger partial charge in [0.1, 0.15) is 6.04 Å². The molecule has 2 aromatic heterocycles. The van der Waals surface area contributed by atoms with Crippen molar-refractivity contribution in [2.45, 2.75) is 18.9 Å². The third-order valence-electron chi connectivity index (χ3n) is 5.87. The molecule has 33 heavy (non-hydrogen) atoms. The lowest BCUT2D eigenvalue weighted by atomic mass is 10.1. The molecule has 0 bridgehead atoms. The van der Waals surface area contributed by atoms with Crippen LogP contribution in [0.25, 0.3) is 10.9 Å². The van der Waals surface area contributed by atoms with Crippen molar-refractivity contribution in [1.82, 2.24) is 9.88 Å². The van der Waals surface area contributed by atoms with Gasteiger partial charge in [0.05, 0.1) is 18.4 Å². The Morgan fingerprint density at radius 1 is 1.09 bits per heavy atom. The summed E-state index contributed by atoms with van der Waals surface area (Å²) in [5.74, 6) is -0.993. The summed E-state index contributed by atoms with van der Waals surface area (Å²) in [6.07, 6.45) is 3.80. The van der Waals surface area contributed by atoms with Crippen molar-refractivity contribution in [2.24, 2.45) is 0 Å². The number of hydrogen-bond donors (Lipinski definition) is 1. The number of amides is 3. The molecule has 2 aromatic carbocycles. The molecule has 0 spiro atoms. The van der Waals surface area contributed by atoms with Crippen LogP contribution in [0.3, 0.4) is 0 Å². The third kappa shape index (κ3) is 4.06. The topological polar surface area (TPSA) is 86.6 Å². The van der Waals surface area contributed by atoms with Gasteiger partial charge in [-0.15, -0.1) is 0 Å². The molecule has 1 aliphatic rings. The smallest absolute Gasteiger partial charge is 0.290 e. The fourth-order valence-electron chi connectivity index (χ4n) is 4.24. The Kier molecular flexibility index (Phi) is 5.76. The number of fused-ring (bicyclic) bond motifs is 1. The molecule has 4 aromatic rings. The van der Waals surface area contributed by atoms with E-state index in [0.29, 0.717) is 12.1 Å². The fraction of sp³-hybridized carbons (Fsp3) is 0.160. The normalized spacial score (nSPS) is 16.0. The molecule has 1 N–H and O–H groups in total. The predicted molar refractivity (Wildman–Crippen MR) is 132 cm³/mol. The summed E-state index contributed by atoms with van der Waals surface area (Å²) < 4.78 is 6.32. The quantitative estimate of drug-likeness (QED) is 0.284. The maximum absolute atomic E-state index is 13.4.